The quantitative estimate of drug-likeness (QED) is 0.695. The Morgan fingerprint density at radius 1 is 1.15 bits per heavy atom. The highest BCUT2D eigenvalue weighted by Crippen LogP contribution is 2.38. The number of hydrogen-bond acceptors (Lipinski definition) is 4. The Balaban J connectivity index is 0.00000210. The molecular formula is C20H21Cl2N3O2. The van der Waals surface area contributed by atoms with E-state index in [9.17, 15) is 0 Å². The maximum absolute atomic E-state index is 6.31. The van der Waals surface area contributed by atoms with Crippen molar-refractivity contribution in [3.05, 3.63) is 53.3 Å². The van der Waals surface area contributed by atoms with Crippen molar-refractivity contribution in [2.75, 3.05) is 27.3 Å². The molecule has 0 fully saturated rings. The molecule has 3 heterocycles. The largest absolute Gasteiger partial charge is 0.496 e. The number of pyridine rings is 1. The van der Waals surface area contributed by atoms with E-state index in [1.165, 1.54) is 11.1 Å². The van der Waals surface area contributed by atoms with E-state index < -0.39 is 0 Å². The zero-order valence-corrected chi connectivity index (χ0v) is 16.7. The summed E-state index contributed by atoms with van der Waals surface area (Å²) in [5.74, 6) is 1.26. The molecule has 0 aliphatic carbocycles. The molecule has 0 radical (unpaired) electrons. The number of halogens is 2. The molecule has 0 atom stereocenters. The Morgan fingerprint density at radius 2 is 1.96 bits per heavy atom. The van der Waals surface area contributed by atoms with Crippen LogP contribution in [0.2, 0.25) is 5.02 Å². The number of rotatable bonds is 4. The van der Waals surface area contributed by atoms with Gasteiger partial charge in [-0.15, -0.1) is 12.4 Å². The summed E-state index contributed by atoms with van der Waals surface area (Å²) in [5.41, 5.74) is 5.12. The van der Waals surface area contributed by atoms with Crippen molar-refractivity contribution in [2.45, 2.75) is 6.42 Å². The molecule has 4 rings (SSSR count). The van der Waals surface area contributed by atoms with Gasteiger partial charge in [-0.3, -0.25) is 0 Å². The molecule has 0 saturated heterocycles. The predicted octanol–water partition coefficient (Wildman–Crippen LogP) is 4.47. The second kappa shape index (κ2) is 8.21. The van der Waals surface area contributed by atoms with Crippen LogP contribution in [-0.2, 0) is 0 Å². The number of fused-ring (bicyclic) bond motifs is 1. The van der Waals surface area contributed by atoms with Gasteiger partial charge in [0.15, 0.2) is 0 Å². The van der Waals surface area contributed by atoms with Crippen molar-refractivity contribution in [2.24, 2.45) is 0 Å². The monoisotopic (exact) mass is 405 g/mol. The maximum atomic E-state index is 6.31. The molecule has 142 valence electrons. The SMILES string of the molecule is COc1cc(OC)c(-c2cn3ccc(C4=CCNCC4)cc3n2)cc1Cl.Cl. The summed E-state index contributed by atoms with van der Waals surface area (Å²) < 4.78 is 12.8. The van der Waals surface area contributed by atoms with Crippen LogP contribution >= 0.6 is 24.0 Å². The zero-order chi connectivity index (χ0) is 18.1. The van der Waals surface area contributed by atoms with Crippen LogP contribution < -0.4 is 14.8 Å². The number of nitrogens with zero attached hydrogens (tertiary/aromatic N) is 2. The first-order valence-electron chi connectivity index (χ1n) is 8.50. The standard InChI is InChI=1S/C20H20ClN3O2.ClH/c1-25-18-11-19(26-2)16(21)10-15(18)17-12-24-8-5-14(9-20(24)23-17)13-3-6-22-7-4-13;/h3,5,8-12,22H,4,6-7H2,1-2H3;1H. The lowest BCUT2D eigenvalue weighted by atomic mass is 10.0. The average molecular weight is 406 g/mol. The van der Waals surface area contributed by atoms with Crippen LogP contribution in [0, 0.1) is 0 Å². The molecule has 2 aromatic heterocycles. The smallest absolute Gasteiger partial charge is 0.141 e. The van der Waals surface area contributed by atoms with Crippen molar-refractivity contribution in [3.8, 4) is 22.8 Å². The fourth-order valence-corrected chi connectivity index (χ4v) is 3.50. The van der Waals surface area contributed by atoms with Gasteiger partial charge in [0.2, 0.25) is 0 Å². The molecule has 1 N–H and O–H groups in total. The van der Waals surface area contributed by atoms with Gasteiger partial charge in [-0.25, -0.2) is 4.98 Å². The summed E-state index contributed by atoms with van der Waals surface area (Å²) in [6, 6.07) is 7.87. The Bertz CT molecular complexity index is 998. The highest BCUT2D eigenvalue weighted by molar-refractivity contribution is 6.32. The number of methoxy groups -OCH3 is 2. The van der Waals surface area contributed by atoms with Gasteiger partial charge in [0.25, 0.3) is 0 Å². The number of benzene rings is 1. The molecule has 1 aromatic carbocycles. The first kappa shape index (κ1) is 19.5. The van der Waals surface area contributed by atoms with E-state index in [4.69, 9.17) is 26.1 Å². The second-order valence-electron chi connectivity index (χ2n) is 6.18. The van der Waals surface area contributed by atoms with E-state index in [1.807, 2.05) is 22.9 Å². The molecule has 0 spiro atoms. The Morgan fingerprint density at radius 3 is 2.67 bits per heavy atom. The molecule has 1 aliphatic rings. The molecular weight excluding hydrogens is 385 g/mol. The van der Waals surface area contributed by atoms with Gasteiger partial charge >= 0.3 is 0 Å². The van der Waals surface area contributed by atoms with Crippen LogP contribution in [0.1, 0.15) is 12.0 Å². The number of hydrogen-bond donors (Lipinski definition) is 1. The highest BCUT2D eigenvalue weighted by atomic mass is 35.5. The molecule has 0 saturated carbocycles. The van der Waals surface area contributed by atoms with Crippen molar-refractivity contribution in [3.63, 3.8) is 0 Å². The number of nitrogens with one attached hydrogen (secondary N) is 1. The van der Waals surface area contributed by atoms with E-state index in [0.717, 1.165) is 36.4 Å². The lowest BCUT2D eigenvalue weighted by Crippen LogP contribution is -2.20. The van der Waals surface area contributed by atoms with Crippen LogP contribution in [0.4, 0.5) is 0 Å². The van der Waals surface area contributed by atoms with Crippen LogP contribution in [0.15, 0.2) is 42.7 Å². The van der Waals surface area contributed by atoms with Crippen LogP contribution in [0.3, 0.4) is 0 Å². The minimum Gasteiger partial charge on any atom is -0.496 e. The van der Waals surface area contributed by atoms with Gasteiger partial charge in [0, 0.05) is 30.6 Å². The van der Waals surface area contributed by atoms with Gasteiger partial charge < -0.3 is 19.2 Å². The highest BCUT2D eigenvalue weighted by Gasteiger charge is 2.15. The van der Waals surface area contributed by atoms with Crippen LogP contribution in [-0.4, -0.2) is 36.7 Å². The number of imidazole rings is 1. The van der Waals surface area contributed by atoms with E-state index in [0.29, 0.717) is 16.5 Å². The summed E-state index contributed by atoms with van der Waals surface area (Å²) in [5, 5.41) is 3.87. The van der Waals surface area contributed by atoms with Gasteiger partial charge in [-0.2, -0.15) is 0 Å². The molecule has 0 unspecified atom stereocenters. The number of aromatic nitrogens is 2. The predicted molar refractivity (Wildman–Crippen MR) is 111 cm³/mol. The van der Waals surface area contributed by atoms with E-state index in [-0.39, 0.29) is 12.4 Å². The summed E-state index contributed by atoms with van der Waals surface area (Å²) >= 11 is 6.31. The summed E-state index contributed by atoms with van der Waals surface area (Å²) in [4.78, 5) is 4.78. The fourth-order valence-electron chi connectivity index (χ4n) is 3.26. The summed E-state index contributed by atoms with van der Waals surface area (Å²) in [6.07, 6.45) is 7.30. The van der Waals surface area contributed by atoms with E-state index in [1.54, 1.807) is 20.3 Å². The normalized spacial score (nSPS) is 13.8. The number of ether oxygens (including phenoxy) is 2. The first-order chi connectivity index (χ1) is 12.7. The summed E-state index contributed by atoms with van der Waals surface area (Å²) in [7, 11) is 3.21. The molecule has 0 amide bonds. The van der Waals surface area contributed by atoms with Crippen LogP contribution in [0.5, 0.6) is 11.5 Å². The lowest BCUT2D eigenvalue weighted by Gasteiger charge is -2.14. The van der Waals surface area contributed by atoms with E-state index in [2.05, 4.69) is 23.5 Å². The minimum atomic E-state index is 0. The zero-order valence-electron chi connectivity index (χ0n) is 15.2. The lowest BCUT2D eigenvalue weighted by molar-refractivity contribution is 0.395. The van der Waals surface area contributed by atoms with Gasteiger partial charge in [-0.05, 0) is 42.3 Å². The molecule has 0 bridgehead atoms. The van der Waals surface area contributed by atoms with E-state index >= 15 is 0 Å². The topological polar surface area (TPSA) is 47.8 Å². The molecule has 27 heavy (non-hydrogen) atoms. The molecule has 5 nitrogen and oxygen atoms in total. The summed E-state index contributed by atoms with van der Waals surface area (Å²) in [6.45, 7) is 1.93. The average Bonchev–Trinajstić information content (AvgIpc) is 3.11. The Hall–Kier alpha value is -2.21. The van der Waals surface area contributed by atoms with Gasteiger partial charge in [-0.1, -0.05) is 17.7 Å². The third kappa shape index (κ3) is 3.76. The second-order valence-corrected chi connectivity index (χ2v) is 6.58. The molecule has 7 heteroatoms. The van der Waals surface area contributed by atoms with Crippen molar-refractivity contribution < 1.29 is 9.47 Å². The minimum absolute atomic E-state index is 0. The molecule has 3 aromatic rings. The Kier molecular flexibility index (Phi) is 5.95. The van der Waals surface area contributed by atoms with Gasteiger partial charge in [0.1, 0.15) is 17.1 Å². The third-order valence-corrected chi connectivity index (χ3v) is 4.94. The Labute approximate surface area is 169 Å². The van der Waals surface area contributed by atoms with Gasteiger partial charge in [0.05, 0.1) is 24.9 Å². The van der Waals surface area contributed by atoms with Crippen molar-refractivity contribution >= 4 is 35.2 Å². The first-order valence-corrected chi connectivity index (χ1v) is 8.88. The van der Waals surface area contributed by atoms with Crippen LogP contribution in [0.25, 0.3) is 22.5 Å². The molecule has 1 aliphatic heterocycles. The maximum Gasteiger partial charge on any atom is 0.141 e. The fraction of sp³-hybridized carbons (Fsp3) is 0.250. The van der Waals surface area contributed by atoms with Crippen molar-refractivity contribution in [1.29, 1.82) is 0 Å². The third-order valence-electron chi connectivity index (χ3n) is 4.64. The van der Waals surface area contributed by atoms with Crippen molar-refractivity contribution in [1.82, 2.24) is 14.7 Å².